The summed E-state index contributed by atoms with van der Waals surface area (Å²) in [5, 5.41) is 11.0. The maximum Gasteiger partial charge on any atom is 0.460 e. The number of aromatic nitrogens is 1. The number of ether oxygens (including phenoxy) is 3. The van der Waals surface area contributed by atoms with E-state index in [9.17, 15) is 80.6 Å². The zero-order valence-electron chi connectivity index (χ0n) is 36.6. The van der Waals surface area contributed by atoms with Crippen LogP contribution in [0.1, 0.15) is 64.7 Å². The number of aromatic amines is 1. The number of carbonyl (C=O) groups is 1. The van der Waals surface area contributed by atoms with Crippen molar-refractivity contribution in [3.8, 4) is 22.6 Å². The average Bonchev–Trinajstić information content (AvgIpc) is 3.21. The lowest BCUT2D eigenvalue weighted by atomic mass is 9.88. The number of nitrogens with one attached hydrogen (secondary N) is 1. The summed E-state index contributed by atoms with van der Waals surface area (Å²) in [5.41, 5.74) is -2.68. The Morgan fingerprint density at radius 1 is 0.761 bits per heavy atom. The molecule has 0 saturated carbocycles. The van der Waals surface area contributed by atoms with E-state index in [1.165, 1.54) is 84.3 Å². The van der Waals surface area contributed by atoms with E-state index in [0.29, 0.717) is 23.5 Å². The molecule has 0 aliphatic heterocycles. The molecule has 0 spiro atoms. The number of allylic oxidation sites excluding steroid dienone is 3. The molecule has 0 unspecified atom stereocenters. The molecule has 1 aromatic heterocycles. The van der Waals surface area contributed by atoms with Gasteiger partial charge in [-0.15, -0.1) is 0 Å². The number of alkyl halides is 17. The fraction of sp³-hybridized carbons (Fsp3) is 0.610. The molecule has 67 heavy (non-hydrogen) atoms. The number of aromatic hydroxyl groups is 1. The fourth-order valence-corrected chi connectivity index (χ4v) is 11.2. The first kappa shape index (κ1) is 59.0. The average molecular weight is 1020 g/mol. The first-order valence-corrected chi connectivity index (χ1v) is 22.2. The lowest BCUT2D eigenvalue weighted by molar-refractivity contribution is -0.461. The summed E-state index contributed by atoms with van der Waals surface area (Å²) in [5.74, 6) is -58.9. The number of H-pyrrole nitrogens is 1. The summed E-state index contributed by atoms with van der Waals surface area (Å²) in [6.45, 7) is 8.43. The molecule has 2 N–H and O–H groups in total. The van der Waals surface area contributed by atoms with Gasteiger partial charge in [-0.3, -0.25) is 9.59 Å². The number of ketones is 1. The molecule has 1 atom stereocenters. The van der Waals surface area contributed by atoms with Gasteiger partial charge < -0.3 is 28.7 Å². The number of methoxy groups -OCH3 is 1. The van der Waals surface area contributed by atoms with E-state index in [1.54, 1.807) is 6.92 Å². The van der Waals surface area contributed by atoms with E-state index < -0.39 is 115 Å². The van der Waals surface area contributed by atoms with Crippen molar-refractivity contribution >= 4 is 14.1 Å². The van der Waals surface area contributed by atoms with Crippen molar-refractivity contribution in [2.45, 2.75) is 119 Å². The topological polar surface area (TPSA) is 107 Å². The maximum atomic E-state index is 15.1. The smallest absolute Gasteiger partial charge is 0.460 e. The summed E-state index contributed by atoms with van der Waals surface area (Å²) in [6.07, 6.45) is -5.46. The maximum absolute atomic E-state index is 15.1. The number of hydrogen-bond donors (Lipinski definition) is 2. The minimum Gasteiger partial charge on any atom is -0.506 e. The van der Waals surface area contributed by atoms with Gasteiger partial charge >= 0.3 is 47.6 Å². The van der Waals surface area contributed by atoms with Crippen LogP contribution in [-0.4, -0.2) is 106 Å². The molecule has 0 aliphatic carbocycles. The van der Waals surface area contributed by atoms with Crippen LogP contribution in [0.4, 0.5) is 74.6 Å². The Morgan fingerprint density at radius 2 is 1.27 bits per heavy atom. The molecule has 0 aliphatic rings. The number of halogens is 17. The summed E-state index contributed by atoms with van der Waals surface area (Å²) in [6, 6.07) is 4.78. The van der Waals surface area contributed by atoms with Crippen LogP contribution in [-0.2, 0) is 13.9 Å². The molecule has 0 bridgehead atoms. The van der Waals surface area contributed by atoms with Crippen LogP contribution >= 0.6 is 0 Å². The third-order valence-corrected chi connectivity index (χ3v) is 16.5. The van der Waals surface area contributed by atoms with E-state index in [-0.39, 0.29) is 25.4 Å². The van der Waals surface area contributed by atoms with E-state index >= 15 is 8.78 Å². The second kappa shape index (κ2) is 21.6. The number of benzene rings is 1. The molecule has 1 heterocycles. The Labute approximate surface area is 373 Å². The van der Waals surface area contributed by atoms with Gasteiger partial charge in [-0.1, -0.05) is 64.5 Å². The van der Waals surface area contributed by atoms with Crippen molar-refractivity contribution in [1.29, 1.82) is 0 Å². The second-order valence-electron chi connectivity index (χ2n) is 15.9. The predicted octanol–water partition coefficient (Wildman–Crippen LogP) is 12.6. The van der Waals surface area contributed by atoms with E-state index in [1.807, 2.05) is 0 Å². The molecular weight excluding hydrogens is 970 g/mol. The third-order valence-electron chi connectivity index (χ3n) is 10.9. The van der Waals surface area contributed by atoms with E-state index in [2.05, 4.69) is 4.98 Å². The Balaban J connectivity index is 2.35. The van der Waals surface area contributed by atoms with Crippen LogP contribution in [0.25, 0.3) is 11.1 Å². The molecule has 8 nitrogen and oxygen atoms in total. The minimum absolute atomic E-state index is 0.0594. The number of hydrogen-bond acceptors (Lipinski definition) is 7. The lowest BCUT2D eigenvalue weighted by Gasteiger charge is -2.44. The summed E-state index contributed by atoms with van der Waals surface area (Å²) < 4.78 is 258. The minimum atomic E-state index is -8.71. The summed E-state index contributed by atoms with van der Waals surface area (Å²) in [4.78, 5) is 28.2. The van der Waals surface area contributed by atoms with Gasteiger partial charge in [0.1, 0.15) is 17.1 Å². The lowest BCUT2D eigenvalue weighted by Crippen LogP contribution is -2.74. The normalized spacial score (nSPS) is 15.0. The van der Waals surface area contributed by atoms with Gasteiger partial charge in [-0.25, -0.2) is 0 Å². The van der Waals surface area contributed by atoms with Gasteiger partial charge in [0.05, 0.1) is 13.2 Å². The van der Waals surface area contributed by atoms with E-state index in [0.717, 1.165) is 6.08 Å². The van der Waals surface area contributed by atoms with Gasteiger partial charge in [0.25, 0.3) is 5.56 Å². The molecule has 2 aromatic rings. The number of rotatable bonds is 26. The van der Waals surface area contributed by atoms with Gasteiger partial charge in [0.2, 0.25) is 0 Å². The summed E-state index contributed by atoms with van der Waals surface area (Å²) in [7, 11) is -2.55. The number of pyridine rings is 1. The molecule has 0 amide bonds. The Bertz CT molecular complexity index is 2080. The van der Waals surface area contributed by atoms with Crippen LogP contribution in [0.5, 0.6) is 11.5 Å². The Hall–Kier alpha value is -4.17. The highest BCUT2D eigenvalue weighted by Crippen LogP contribution is 2.64. The first-order valence-electron chi connectivity index (χ1n) is 19.9. The molecule has 0 radical (unpaired) electrons. The molecular formula is C41H48F17NO7Si. The largest absolute Gasteiger partial charge is 0.506 e. The predicted molar refractivity (Wildman–Crippen MR) is 211 cm³/mol. The summed E-state index contributed by atoms with van der Waals surface area (Å²) >= 11 is 0. The van der Waals surface area contributed by atoms with Gasteiger partial charge in [0.15, 0.2) is 20.9 Å². The Morgan fingerprint density at radius 3 is 1.75 bits per heavy atom. The SMILES string of the molecule is CC[C@@H](/C=C(C)/C=C/C(=O)c1c(O)c(-c2ccc(OCOCCOC)cc2)c[nH]c1=O)CO[Si](CCC(F)(F)C(F)(F)C(F)(F)C(F)(F)C(F)(F)C(F)(F)C(F)(F)C(F)(F)F)(C(C)C)C(C)C. The second-order valence-corrected chi connectivity index (χ2v) is 21.0. The Kier molecular flexibility index (Phi) is 19.0. The van der Waals surface area contributed by atoms with Gasteiger partial charge in [-0.05, 0) is 60.2 Å². The van der Waals surface area contributed by atoms with Crippen molar-refractivity contribution in [1.82, 2.24) is 4.98 Å². The van der Waals surface area contributed by atoms with Crippen molar-refractivity contribution in [3.05, 3.63) is 70.2 Å². The molecule has 382 valence electrons. The van der Waals surface area contributed by atoms with Crippen molar-refractivity contribution in [2.75, 3.05) is 33.7 Å². The zero-order chi connectivity index (χ0) is 52.0. The van der Waals surface area contributed by atoms with Crippen LogP contribution in [0.15, 0.2) is 59.1 Å². The standard InChI is InChI=1S/C41H48F17NO7Si/c1-8-26(19-25(6)9-14-30(60)31-32(61)29(20-59-33(31)62)27-10-12-28(13-11-27)65-22-64-17-16-63-7)21-66-67(23(2)3,24(4)5)18-15-34(42,43)35(44,45)36(46,47)37(48,49)38(50,51)39(52,53)40(54,55)41(56,57)58/h9-14,19-20,23-24,26H,8,15-18,21-22H2,1-7H3,(H2,59,61,62)/b14-9+,25-19+/t26-/m0/s1. The monoisotopic (exact) mass is 1020 g/mol. The van der Waals surface area contributed by atoms with Crippen molar-refractivity contribution < 1.29 is 103 Å². The quantitative estimate of drug-likeness (QED) is 0.0184. The van der Waals surface area contributed by atoms with Crippen molar-refractivity contribution in [3.63, 3.8) is 0 Å². The fourth-order valence-electron chi connectivity index (χ4n) is 6.63. The van der Waals surface area contributed by atoms with Crippen LogP contribution in [0.3, 0.4) is 0 Å². The highest BCUT2D eigenvalue weighted by Gasteiger charge is 2.95. The molecule has 1 aromatic carbocycles. The van der Waals surface area contributed by atoms with Gasteiger partial charge in [-0.2, -0.15) is 74.6 Å². The van der Waals surface area contributed by atoms with Crippen LogP contribution < -0.4 is 10.3 Å². The van der Waals surface area contributed by atoms with Crippen LogP contribution in [0.2, 0.25) is 17.1 Å². The first-order chi connectivity index (χ1) is 30.4. The zero-order valence-corrected chi connectivity index (χ0v) is 37.6. The van der Waals surface area contributed by atoms with Crippen molar-refractivity contribution in [2.24, 2.45) is 5.92 Å². The highest BCUT2D eigenvalue weighted by atomic mass is 28.4. The molecule has 0 saturated heterocycles. The molecule has 0 fully saturated rings. The van der Waals surface area contributed by atoms with Gasteiger partial charge in [0, 0.05) is 31.9 Å². The molecule has 26 heteroatoms. The molecule has 2 rings (SSSR count). The van der Waals surface area contributed by atoms with Crippen LogP contribution in [0, 0.1) is 5.92 Å². The van der Waals surface area contributed by atoms with E-state index in [4.69, 9.17) is 18.6 Å². The third kappa shape index (κ3) is 11.8. The highest BCUT2D eigenvalue weighted by molar-refractivity contribution is 6.76. The number of carbonyl (C=O) groups excluding carboxylic acids is 1.